The Kier molecular flexibility index (Phi) is 3.77. The number of aromatic nitrogens is 2. The topological polar surface area (TPSA) is 58.1 Å². The first-order valence-corrected chi connectivity index (χ1v) is 9.50. The summed E-state index contributed by atoms with van der Waals surface area (Å²) in [6.45, 7) is 7.50. The predicted molar refractivity (Wildman–Crippen MR) is 100 cm³/mol. The molecule has 1 amide bonds. The summed E-state index contributed by atoms with van der Waals surface area (Å²) in [4.78, 5) is 24.7. The molecule has 0 unspecified atom stereocenters. The van der Waals surface area contributed by atoms with Crippen molar-refractivity contribution in [3.05, 3.63) is 34.3 Å². The molecule has 0 atom stereocenters. The van der Waals surface area contributed by atoms with Gasteiger partial charge in [-0.3, -0.25) is 4.79 Å². The van der Waals surface area contributed by atoms with Crippen molar-refractivity contribution in [2.45, 2.75) is 20.8 Å². The van der Waals surface area contributed by atoms with Crippen molar-refractivity contribution in [1.82, 2.24) is 9.97 Å². The van der Waals surface area contributed by atoms with Crippen LogP contribution in [0, 0.1) is 26.7 Å². The second-order valence-electron chi connectivity index (χ2n) is 6.22. The fraction of sp³-hybridized carbons (Fsp3) is 0.353. The summed E-state index contributed by atoms with van der Waals surface area (Å²) in [6, 6.07) is 6.30. The van der Waals surface area contributed by atoms with Crippen LogP contribution in [0.3, 0.4) is 0 Å². The SMILES string of the molecule is Cc1ccc2nc(N3CC(C(=O)Nc4nc(C)c(C)s4)C3)sc2c1. The number of rotatable bonds is 3. The summed E-state index contributed by atoms with van der Waals surface area (Å²) in [5.74, 6) is 0.0558. The molecule has 3 heterocycles. The number of carbonyl (C=O) groups excluding carboxylic acids is 1. The first-order valence-electron chi connectivity index (χ1n) is 7.86. The van der Waals surface area contributed by atoms with Gasteiger partial charge in [-0.2, -0.15) is 0 Å². The lowest BCUT2D eigenvalue weighted by atomic mass is 10.0. The minimum atomic E-state index is 0.00302. The normalized spacial score (nSPS) is 14.9. The maximum Gasteiger partial charge on any atom is 0.232 e. The molecule has 0 bridgehead atoms. The van der Waals surface area contributed by atoms with E-state index in [2.05, 4.69) is 45.3 Å². The van der Waals surface area contributed by atoms with Crippen molar-refractivity contribution in [2.24, 2.45) is 5.92 Å². The Morgan fingerprint density at radius 1 is 1.21 bits per heavy atom. The Morgan fingerprint density at radius 2 is 2.00 bits per heavy atom. The summed E-state index contributed by atoms with van der Waals surface area (Å²) in [6.07, 6.45) is 0. The van der Waals surface area contributed by atoms with Crippen LogP contribution < -0.4 is 10.2 Å². The Bertz CT molecular complexity index is 904. The van der Waals surface area contributed by atoms with Crippen molar-refractivity contribution >= 4 is 49.1 Å². The number of benzene rings is 1. The third-order valence-electron chi connectivity index (χ3n) is 4.31. The van der Waals surface area contributed by atoms with E-state index in [9.17, 15) is 4.79 Å². The van der Waals surface area contributed by atoms with Crippen LogP contribution >= 0.6 is 22.7 Å². The quantitative estimate of drug-likeness (QED) is 0.775. The highest BCUT2D eigenvalue weighted by atomic mass is 32.1. The van der Waals surface area contributed by atoms with Gasteiger partial charge in [-0.1, -0.05) is 17.4 Å². The Hall–Kier alpha value is -1.99. The van der Waals surface area contributed by atoms with E-state index < -0.39 is 0 Å². The van der Waals surface area contributed by atoms with Gasteiger partial charge < -0.3 is 10.2 Å². The highest BCUT2D eigenvalue weighted by molar-refractivity contribution is 7.22. The summed E-state index contributed by atoms with van der Waals surface area (Å²) in [5.41, 5.74) is 3.25. The molecule has 2 aromatic heterocycles. The molecule has 3 aromatic rings. The van der Waals surface area contributed by atoms with Crippen LogP contribution in [0.15, 0.2) is 18.2 Å². The molecule has 1 fully saturated rings. The van der Waals surface area contributed by atoms with Gasteiger partial charge in [-0.15, -0.1) is 11.3 Å². The number of nitrogens with one attached hydrogen (secondary N) is 1. The van der Waals surface area contributed by atoms with Gasteiger partial charge in [0.1, 0.15) is 0 Å². The van der Waals surface area contributed by atoms with E-state index in [4.69, 9.17) is 0 Å². The molecule has 0 radical (unpaired) electrons. The van der Waals surface area contributed by atoms with E-state index in [1.165, 1.54) is 21.6 Å². The maximum atomic E-state index is 12.3. The van der Waals surface area contributed by atoms with Crippen LogP contribution in [-0.4, -0.2) is 29.0 Å². The third-order valence-corrected chi connectivity index (χ3v) is 6.38. The number of carbonyl (C=O) groups is 1. The lowest BCUT2D eigenvalue weighted by Gasteiger charge is -2.37. The Balaban J connectivity index is 1.40. The zero-order valence-corrected chi connectivity index (χ0v) is 15.4. The Morgan fingerprint density at radius 3 is 2.71 bits per heavy atom. The van der Waals surface area contributed by atoms with Crippen molar-refractivity contribution in [3.8, 4) is 0 Å². The van der Waals surface area contributed by atoms with Gasteiger partial charge in [-0.05, 0) is 38.5 Å². The standard InChI is InChI=1S/C17H18N4OS2/c1-9-4-5-13-14(6-9)24-17(19-13)21-7-12(8-21)15(22)20-16-18-10(2)11(3)23-16/h4-6,12H,7-8H2,1-3H3,(H,18,20,22). The van der Waals surface area contributed by atoms with E-state index in [0.29, 0.717) is 18.2 Å². The summed E-state index contributed by atoms with van der Waals surface area (Å²) >= 11 is 3.22. The molecule has 1 aliphatic heterocycles. The molecule has 0 spiro atoms. The van der Waals surface area contributed by atoms with Crippen LogP contribution in [0.1, 0.15) is 16.1 Å². The predicted octanol–water partition coefficient (Wildman–Crippen LogP) is 3.75. The number of fused-ring (bicyclic) bond motifs is 1. The van der Waals surface area contributed by atoms with Gasteiger partial charge in [0, 0.05) is 18.0 Å². The first kappa shape index (κ1) is 15.5. The number of aryl methyl sites for hydroxylation is 3. The smallest absolute Gasteiger partial charge is 0.232 e. The summed E-state index contributed by atoms with van der Waals surface area (Å²) in [7, 11) is 0. The van der Waals surface area contributed by atoms with Gasteiger partial charge in [0.05, 0.1) is 21.8 Å². The van der Waals surface area contributed by atoms with Gasteiger partial charge >= 0.3 is 0 Å². The number of amides is 1. The van der Waals surface area contributed by atoms with E-state index in [-0.39, 0.29) is 11.8 Å². The van der Waals surface area contributed by atoms with Crippen LogP contribution in [0.25, 0.3) is 10.2 Å². The van der Waals surface area contributed by atoms with E-state index in [1.807, 2.05) is 13.8 Å². The molecular weight excluding hydrogens is 340 g/mol. The highest BCUT2D eigenvalue weighted by Gasteiger charge is 2.34. The van der Waals surface area contributed by atoms with Gasteiger partial charge in [0.15, 0.2) is 10.3 Å². The van der Waals surface area contributed by atoms with Crippen molar-refractivity contribution < 1.29 is 4.79 Å². The van der Waals surface area contributed by atoms with Gasteiger partial charge in [0.2, 0.25) is 5.91 Å². The van der Waals surface area contributed by atoms with E-state index in [1.54, 1.807) is 11.3 Å². The number of anilines is 2. The van der Waals surface area contributed by atoms with E-state index >= 15 is 0 Å². The molecule has 1 N–H and O–H groups in total. The number of nitrogens with zero attached hydrogens (tertiary/aromatic N) is 3. The largest absolute Gasteiger partial charge is 0.346 e. The fourth-order valence-corrected chi connectivity index (χ4v) is 4.59. The lowest BCUT2D eigenvalue weighted by molar-refractivity contribution is -0.120. The molecule has 1 saturated heterocycles. The molecule has 24 heavy (non-hydrogen) atoms. The second-order valence-corrected chi connectivity index (χ2v) is 8.43. The highest BCUT2D eigenvalue weighted by Crippen LogP contribution is 2.33. The molecular formula is C17H18N4OS2. The number of hydrogen-bond acceptors (Lipinski definition) is 6. The molecule has 0 aliphatic carbocycles. The first-order chi connectivity index (χ1) is 11.5. The molecule has 5 nitrogen and oxygen atoms in total. The molecule has 4 rings (SSSR count). The molecule has 1 aliphatic rings. The lowest BCUT2D eigenvalue weighted by Crippen LogP contribution is -2.52. The van der Waals surface area contributed by atoms with Gasteiger partial charge in [-0.25, -0.2) is 9.97 Å². The van der Waals surface area contributed by atoms with Crippen molar-refractivity contribution in [3.63, 3.8) is 0 Å². The number of hydrogen-bond donors (Lipinski definition) is 1. The fourth-order valence-electron chi connectivity index (χ4n) is 2.69. The van der Waals surface area contributed by atoms with E-state index in [0.717, 1.165) is 21.2 Å². The number of thiazole rings is 2. The van der Waals surface area contributed by atoms with Crippen LogP contribution in [0.2, 0.25) is 0 Å². The molecule has 1 aromatic carbocycles. The minimum absolute atomic E-state index is 0.00302. The average Bonchev–Trinajstić information content (AvgIpc) is 3.00. The zero-order chi connectivity index (χ0) is 16.8. The third kappa shape index (κ3) is 2.78. The molecule has 0 saturated carbocycles. The average molecular weight is 358 g/mol. The molecule has 7 heteroatoms. The summed E-state index contributed by atoms with van der Waals surface area (Å²) < 4.78 is 1.20. The molecule has 124 valence electrons. The maximum absolute atomic E-state index is 12.3. The van der Waals surface area contributed by atoms with Crippen LogP contribution in [-0.2, 0) is 4.79 Å². The van der Waals surface area contributed by atoms with Crippen molar-refractivity contribution in [2.75, 3.05) is 23.3 Å². The summed E-state index contributed by atoms with van der Waals surface area (Å²) in [5, 5.41) is 4.63. The second kappa shape index (κ2) is 5.82. The van der Waals surface area contributed by atoms with Crippen LogP contribution in [0.4, 0.5) is 10.3 Å². The monoisotopic (exact) mass is 358 g/mol. The van der Waals surface area contributed by atoms with Crippen LogP contribution in [0.5, 0.6) is 0 Å². The minimum Gasteiger partial charge on any atom is -0.346 e. The van der Waals surface area contributed by atoms with Crippen molar-refractivity contribution in [1.29, 1.82) is 0 Å². The zero-order valence-electron chi connectivity index (χ0n) is 13.8. The van der Waals surface area contributed by atoms with Gasteiger partial charge in [0.25, 0.3) is 0 Å². The Labute approximate surface area is 148 Å².